The Morgan fingerprint density at radius 1 is 1.65 bits per heavy atom. The monoisotopic (exact) mass is 253 g/mol. The Kier molecular flexibility index (Phi) is 3.76. The van der Waals surface area contributed by atoms with E-state index in [1.807, 2.05) is 24.0 Å². The first kappa shape index (κ1) is 12.5. The largest absolute Gasteiger partial charge is 0.354 e. The molecule has 17 heavy (non-hydrogen) atoms. The highest BCUT2D eigenvalue weighted by Gasteiger charge is 2.42. The normalized spacial score (nSPS) is 16.8. The van der Waals surface area contributed by atoms with Crippen molar-refractivity contribution in [2.45, 2.75) is 32.7 Å². The molecule has 1 heterocycles. The van der Waals surface area contributed by atoms with Gasteiger partial charge in [0, 0.05) is 19.2 Å². The molecule has 0 unspecified atom stereocenters. The standard InChI is InChI=1S/C12H19N3OS/c1-10-7-14-15(8-10)5-4-13-11(16)6-12(9-17)2-3-12/h7-8,17H,2-6,9H2,1H3,(H,13,16). The molecule has 0 atom stereocenters. The molecule has 1 aromatic heterocycles. The van der Waals surface area contributed by atoms with Gasteiger partial charge in [0.1, 0.15) is 0 Å². The lowest BCUT2D eigenvalue weighted by Crippen LogP contribution is -2.29. The van der Waals surface area contributed by atoms with Crippen LogP contribution in [0.2, 0.25) is 0 Å². The van der Waals surface area contributed by atoms with Crippen molar-refractivity contribution in [1.29, 1.82) is 0 Å². The summed E-state index contributed by atoms with van der Waals surface area (Å²) < 4.78 is 1.85. The Morgan fingerprint density at radius 3 is 2.94 bits per heavy atom. The van der Waals surface area contributed by atoms with Crippen molar-refractivity contribution in [2.24, 2.45) is 5.41 Å². The smallest absolute Gasteiger partial charge is 0.220 e. The van der Waals surface area contributed by atoms with Gasteiger partial charge >= 0.3 is 0 Å². The van der Waals surface area contributed by atoms with E-state index < -0.39 is 0 Å². The number of nitrogens with zero attached hydrogens (tertiary/aromatic N) is 2. The molecule has 1 aromatic rings. The Hall–Kier alpha value is -0.970. The molecule has 94 valence electrons. The predicted molar refractivity (Wildman–Crippen MR) is 70.1 cm³/mol. The SMILES string of the molecule is Cc1cnn(CCNC(=O)CC2(CS)CC2)c1. The van der Waals surface area contributed by atoms with Crippen LogP contribution in [0.4, 0.5) is 0 Å². The second-order valence-corrected chi connectivity index (χ2v) is 5.28. The van der Waals surface area contributed by atoms with Gasteiger partial charge < -0.3 is 5.32 Å². The number of aromatic nitrogens is 2. The van der Waals surface area contributed by atoms with Crippen molar-refractivity contribution in [3.63, 3.8) is 0 Å². The zero-order chi connectivity index (χ0) is 12.3. The van der Waals surface area contributed by atoms with Crippen LogP contribution in [-0.2, 0) is 11.3 Å². The van der Waals surface area contributed by atoms with E-state index in [2.05, 4.69) is 23.0 Å². The maximum Gasteiger partial charge on any atom is 0.220 e. The summed E-state index contributed by atoms with van der Waals surface area (Å²) in [6.45, 7) is 3.38. The molecule has 4 nitrogen and oxygen atoms in total. The molecule has 1 aliphatic rings. The number of thiol groups is 1. The summed E-state index contributed by atoms with van der Waals surface area (Å²) >= 11 is 4.30. The van der Waals surface area contributed by atoms with Crippen molar-refractivity contribution in [3.8, 4) is 0 Å². The first-order valence-electron chi connectivity index (χ1n) is 6.00. The van der Waals surface area contributed by atoms with Crippen molar-refractivity contribution in [2.75, 3.05) is 12.3 Å². The van der Waals surface area contributed by atoms with Crippen LogP contribution >= 0.6 is 12.6 Å². The number of amides is 1. The Bertz CT molecular complexity index is 398. The summed E-state index contributed by atoms with van der Waals surface area (Å²) in [5, 5.41) is 7.11. The fourth-order valence-electron chi connectivity index (χ4n) is 1.87. The first-order chi connectivity index (χ1) is 8.13. The number of carbonyl (C=O) groups excluding carboxylic acids is 1. The summed E-state index contributed by atoms with van der Waals surface area (Å²) in [5.41, 5.74) is 1.35. The van der Waals surface area contributed by atoms with Crippen molar-refractivity contribution in [1.82, 2.24) is 15.1 Å². The average Bonchev–Trinajstić information content (AvgIpc) is 2.95. The van der Waals surface area contributed by atoms with Crippen LogP contribution in [-0.4, -0.2) is 28.0 Å². The van der Waals surface area contributed by atoms with E-state index in [9.17, 15) is 4.79 Å². The van der Waals surface area contributed by atoms with Crippen LogP contribution in [0.15, 0.2) is 12.4 Å². The van der Waals surface area contributed by atoms with E-state index in [1.54, 1.807) is 0 Å². The fraction of sp³-hybridized carbons (Fsp3) is 0.667. The highest BCUT2D eigenvalue weighted by atomic mass is 32.1. The molecule has 1 saturated carbocycles. The van der Waals surface area contributed by atoms with Gasteiger partial charge in [0.15, 0.2) is 0 Å². The number of aryl methyl sites for hydroxylation is 1. The number of carbonyl (C=O) groups is 1. The molecule has 2 rings (SSSR count). The molecule has 0 radical (unpaired) electrons. The number of hydrogen-bond donors (Lipinski definition) is 2. The second kappa shape index (κ2) is 5.12. The lowest BCUT2D eigenvalue weighted by molar-refractivity contribution is -0.122. The quantitative estimate of drug-likeness (QED) is 0.753. The van der Waals surface area contributed by atoms with E-state index in [1.165, 1.54) is 0 Å². The highest BCUT2D eigenvalue weighted by molar-refractivity contribution is 7.80. The van der Waals surface area contributed by atoms with Gasteiger partial charge in [-0.2, -0.15) is 17.7 Å². The zero-order valence-corrected chi connectivity index (χ0v) is 11.0. The molecular formula is C12H19N3OS. The van der Waals surface area contributed by atoms with Gasteiger partial charge in [-0.3, -0.25) is 9.48 Å². The van der Waals surface area contributed by atoms with Crippen molar-refractivity contribution in [3.05, 3.63) is 18.0 Å². The Morgan fingerprint density at radius 2 is 2.41 bits per heavy atom. The lowest BCUT2D eigenvalue weighted by Gasteiger charge is -2.11. The summed E-state index contributed by atoms with van der Waals surface area (Å²) in [4.78, 5) is 11.7. The van der Waals surface area contributed by atoms with Gasteiger partial charge in [-0.05, 0) is 36.5 Å². The topological polar surface area (TPSA) is 46.9 Å². The van der Waals surface area contributed by atoms with Crippen molar-refractivity contribution >= 4 is 18.5 Å². The number of rotatable bonds is 6. The molecule has 0 bridgehead atoms. The fourth-order valence-corrected chi connectivity index (χ4v) is 2.30. The summed E-state index contributed by atoms with van der Waals surface area (Å²) in [5.74, 6) is 0.958. The maximum absolute atomic E-state index is 11.7. The van der Waals surface area contributed by atoms with Gasteiger partial charge in [-0.15, -0.1) is 0 Å². The molecule has 1 fully saturated rings. The third kappa shape index (κ3) is 3.49. The molecule has 1 N–H and O–H groups in total. The van der Waals surface area contributed by atoms with Gasteiger partial charge in [-0.25, -0.2) is 0 Å². The molecular weight excluding hydrogens is 234 g/mol. The van der Waals surface area contributed by atoms with Gasteiger partial charge in [0.25, 0.3) is 0 Å². The summed E-state index contributed by atoms with van der Waals surface area (Å²) in [6, 6.07) is 0. The van der Waals surface area contributed by atoms with E-state index in [-0.39, 0.29) is 11.3 Å². The molecule has 0 aromatic carbocycles. The van der Waals surface area contributed by atoms with Gasteiger partial charge in [0.05, 0.1) is 12.7 Å². The Labute approximate surface area is 107 Å². The minimum atomic E-state index is 0.139. The molecule has 5 heteroatoms. The zero-order valence-electron chi connectivity index (χ0n) is 10.1. The van der Waals surface area contributed by atoms with E-state index in [4.69, 9.17) is 0 Å². The van der Waals surface area contributed by atoms with Gasteiger partial charge in [0.2, 0.25) is 5.91 Å². The van der Waals surface area contributed by atoms with Crippen LogP contribution in [0.25, 0.3) is 0 Å². The van der Waals surface area contributed by atoms with Crippen LogP contribution in [0.5, 0.6) is 0 Å². The predicted octanol–water partition coefficient (Wildman–Crippen LogP) is 1.41. The van der Waals surface area contributed by atoms with E-state index in [0.717, 1.165) is 30.7 Å². The van der Waals surface area contributed by atoms with Crippen LogP contribution < -0.4 is 5.32 Å². The third-order valence-corrected chi connectivity index (χ3v) is 3.92. The van der Waals surface area contributed by atoms with Crippen LogP contribution in [0.1, 0.15) is 24.8 Å². The number of hydrogen-bond acceptors (Lipinski definition) is 3. The van der Waals surface area contributed by atoms with Gasteiger partial charge in [-0.1, -0.05) is 0 Å². The highest BCUT2D eigenvalue weighted by Crippen LogP contribution is 2.49. The summed E-state index contributed by atoms with van der Waals surface area (Å²) in [7, 11) is 0. The maximum atomic E-state index is 11.7. The first-order valence-corrected chi connectivity index (χ1v) is 6.63. The van der Waals surface area contributed by atoms with Crippen LogP contribution in [0, 0.1) is 12.3 Å². The van der Waals surface area contributed by atoms with E-state index >= 15 is 0 Å². The Balaban J connectivity index is 1.66. The molecule has 0 aliphatic heterocycles. The average molecular weight is 253 g/mol. The minimum absolute atomic E-state index is 0.139. The van der Waals surface area contributed by atoms with Crippen molar-refractivity contribution < 1.29 is 4.79 Å². The minimum Gasteiger partial charge on any atom is -0.354 e. The number of nitrogens with one attached hydrogen (secondary N) is 1. The third-order valence-electron chi connectivity index (χ3n) is 3.25. The molecule has 0 saturated heterocycles. The molecule has 0 spiro atoms. The molecule has 1 amide bonds. The molecule has 1 aliphatic carbocycles. The lowest BCUT2D eigenvalue weighted by atomic mass is 10.1. The van der Waals surface area contributed by atoms with Crippen LogP contribution in [0.3, 0.4) is 0 Å². The summed E-state index contributed by atoms with van der Waals surface area (Å²) in [6.07, 6.45) is 6.70. The second-order valence-electron chi connectivity index (χ2n) is 4.97. The van der Waals surface area contributed by atoms with E-state index in [0.29, 0.717) is 13.0 Å².